The molecule has 0 unspecified atom stereocenters. The molecule has 1 amide bonds. The van der Waals surface area contributed by atoms with Gasteiger partial charge in [-0.3, -0.25) is 4.79 Å². The second-order valence-electron chi connectivity index (χ2n) is 4.71. The highest BCUT2D eigenvalue weighted by Crippen LogP contribution is 2.13. The van der Waals surface area contributed by atoms with Crippen molar-refractivity contribution in [2.75, 3.05) is 13.6 Å². The van der Waals surface area contributed by atoms with Gasteiger partial charge >= 0.3 is 0 Å². The summed E-state index contributed by atoms with van der Waals surface area (Å²) in [5, 5.41) is 13.0. The van der Waals surface area contributed by atoms with E-state index >= 15 is 0 Å². The van der Waals surface area contributed by atoms with Crippen molar-refractivity contribution in [3.05, 3.63) is 47.3 Å². The predicted octanol–water partition coefficient (Wildman–Crippen LogP) is 2.08. The molecular formula is C15H16N4O. The van der Waals surface area contributed by atoms with Gasteiger partial charge in [0.05, 0.1) is 17.5 Å². The van der Waals surface area contributed by atoms with Crippen molar-refractivity contribution in [3.63, 3.8) is 0 Å². The third-order valence-electron chi connectivity index (χ3n) is 3.02. The first-order valence-electron chi connectivity index (χ1n) is 6.29. The van der Waals surface area contributed by atoms with Crippen LogP contribution in [0.25, 0.3) is 5.69 Å². The van der Waals surface area contributed by atoms with Gasteiger partial charge in [0.2, 0.25) is 0 Å². The maximum atomic E-state index is 12.0. The number of rotatable bonds is 3. The Morgan fingerprint density at radius 3 is 2.50 bits per heavy atom. The standard InChI is InChI=1S/C15H16N4O/c1-11-10-12(2)19(17-11)14-6-4-13(5-7-14)15(20)18(3)9-8-16/h4-7,10H,9H2,1-3H3. The summed E-state index contributed by atoms with van der Waals surface area (Å²) in [6.45, 7) is 4.01. The van der Waals surface area contributed by atoms with E-state index in [1.165, 1.54) is 4.90 Å². The minimum Gasteiger partial charge on any atom is -0.328 e. The van der Waals surface area contributed by atoms with Crippen molar-refractivity contribution < 1.29 is 4.79 Å². The summed E-state index contributed by atoms with van der Waals surface area (Å²) in [5.74, 6) is -0.161. The Kier molecular flexibility index (Phi) is 3.85. The Morgan fingerprint density at radius 1 is 1.35 bits per heavy atom. The molecule has 102 valence electrons. The van der Waals surface area contributed by atoms with Gasteiger partial charge in [-0.25, -0.2) is 4.68 Å². The third-order valence-corrected chi connectivity index (χ3v) is 3.02. The zero-order valence-corrected chi connectivity index (χ0v) is 11.8. The first kappa shape index (κ1) is 13.8. The molecule has 0 radical (unpaired) electrons. The fourth-order valence-electron chi connectivity index (χ4n) is 2.03. The maximum Gasteiger partial charge on any atom is 0.254 e. The van der Waals surface area contributed by atoms with Crippen molar-refractivity contribution in [2.45, 2.75) is 13.8 Å². The quantitative estimate of drug-likeness (QED) is 0.801. The average molecular weight is 268 g/mol. The van der Waals surface area contributed by atoms with Crippen LogP contribution in [0.15, 0.2) is 30.3 Å². The van der Waals surface area contributed by atoms with E-state index < -0.39 is 0 Å². The minimum atomic E-state index is -0.161. The molecule has 20 heavy (non-hydrogen) atoms. The maximum absolute atomic E-state index is 12.0. The van der Waals surface area contributed by atoms with E-state index in [0.717, 1.165) is 17.1 Å². The van der Waals surface area contributed by atoms with E-state index in [-0.39, 0.29) is 12.5 Å². The van der Waals surface area contributed by atoms with E-state index in [1.54, 1.807) is 19.2 Å². The van der Waals surface area contributed by atoms with Crippen molar-refractivity contribution in [1.82, 2.24) is 14.7 Å². The van der Waals surface area contributed by atoms with Crippen molar-refractivity contribution in [3.8, 4) is 11.8 Å². The normalized spacial score (nSPS) is 10.1. The molecule has 0 aliphatic heterocycles. The van der Waals surface area contributed by atoms with Gasteiger partial charge < -0.3 is 4.90 Å². The zero-order chi connectivity index (χ0) is 14.7. The Morgan fingerprint density at radius 2 is 2.00 bits per heavy atom. The number of amides is 1. The monoisotopic (exact) mass is 268 g/mol. The van der Waals surface area contributed by atoms with Gasteiger partial charge in [-0.05, 0) is 44.2 Å². The Labute approximate surface area is 118 Å². The second-order valence-corrected chi connectivity index (χ2v) is 4.71. The minimum absolute atomic E-state index is 0.0814. The zero-order valence-electron chi connectivity index (χ0n) is 11.8. The van der Waals surface area contributed by atoms with Gasteiger partial charge in [0.1, 0.15) is 6.54 Å². The number of aromatic nitrogens is 2. The van der Waals surface area contributed by atoms with Gasteiger partial charge in [-0.1, -0.05) is 0 Å². The van der Waals surface area contributed by atoms with E-state index in [4.69, 9.17) is 5.26 Å². The van der Waals surface area contributed by atoms with Crippen LogP contribution in [0.1, 0.15) is 21.7 Å². The third kappa shape index (κ3) is 2.69. The number of hydrogen-bond donors (Lipinski definition) is 0. The largest absolute Gasteiger partial charge is 0.328 e. The Balaban J connectivity index is 2.25. The summed E-state index contributed by atoms with van der Waals surface area (Å²) in [4.78, 5) is 13.4. The summed E-state index contributed by atoms with van der Waals surface area (Å²) >= 11 is 0. The topological polar surface area (TPSA) is 61.9 Å². The lowest BCUT2D eigenvalue weighted by molar-refractivity contribution is 0.0812. The predicted molar refractivity (Wildman–Crippen MR) is 75.6 cm³/mol. The van der Waals surface area contributed by atoms with Gasteiger partial charge in [0, 0.05) is 18.3 Å². The molecule has 1 heterocycles. The Hall–Kier alpha value is -2.61. The fraction of sp³-hybridized carbons (Fsp3) is 0.267. The Bertz CT molecular complexity index is 664. The second kappa shape index (κ2) is 5.57. The van der Waals surface area contributed by atoms with Gasteiger partial charge in [0.15, 0.2) is 0 Å². The van der Waals surface area contributed by atoms with Crippen LogP contribution in [0.3, 0.4) is 0 Å². The van der Waals surface area contributed by atoms with Crippen molar-refractivity contribution in [1.29, 1.82) is 5.26 Å². The lowest BCUT2D eigenvalue weighted by Crippen LogP contribution is -2.26. The van der Waals surface area contributed by atoms with Crippen molar-refractivity contribution >= 4 is 5.91 Å². The molecule has 0 atom stereocenters. The average Bonchev–Trinajstić information content (AvgIpc) is 2.77. The van der Waals surface area contributed by atoms with Crippen LogP contribution in [-0.4, -0.2) is 34.2 Å². The van der Waals surface area contributed by atoms with Crippen LogP contribution in [0.4, 0.5) is 0 Å². The molecule has 1 aromatic carbocycles. The number of carbonyl (C=O) groups excluding carboxylic acids is 1. The van der Waals surface area contributed by atoms with Crippen LogP contribution >= 0.6 is 0 Å². The molecule has 2 aromatic rings. The van der Waals surface area contributed by atoms with E-state index in [0.29, 0.717) is 5.56 Å². The number of benzene rings is 1. The molecule has 0 aliphatic carbocycles. The van der Waals surface area contributed by atoms with Crippen LogP contribution in [0.5, 0.6) is 0 Å². The molecule has 0 N–H and O–H groups in total. The summed E-state index contributed by atoms with van der Waals surface area (Å²) in [6.07, 6.45) is 0. The molecule has 0 spiro atoms. The highest BCUT2D eigenvalue weighted by molar-refractivity contribution is 5.94. The van der Waals surface area contributed by atoms with Crippen molar-refractivity contribution in [2.24, 2.45) is 0 Å². The first-order chi connectivity index (χ1) is 9.52. The molecule has 2 rings (SSSR count). The van der Waals surface area contributed by atoms with Gasteiger partial charge in [-0.2, -0.15) is 10.4 Å². The van der Waals surface area contributed by atoms with E-state index in [1.807, 2.05) is 42.8 Å². The highest BCUT2D eigenvalue weighted by Gasteiger charge is 2.11. The molecule has 0 aliphatic rings. The summed E-state index contributed by atoms with van der Waals surface area (Å²) in [5.41, 5.74) is 3.47. The molecule has 0 saturated heterocycles. The van der Waals surface area contributed by atoms with Crippen LogP contribution in [0.2, 0.25) is 0 Å². The van der Waals surface area contributed by atoms with E-state index in [2.05, 4.69) is 5.10 Å². The van der Waals surface area contributed by atoms with Crippen LogP contribution in [-0.2, 0) is 0 Å². The van der Waals surface area contributed by atoms with Gasteiger partial charge in [0.25, 0.3) is 5.91 Å². The first-order valence-corrected chi connectivity index (χ1v) is 6.29. The molecule has 0 saturated carbocycles. The van der Waals surface area contributed by atoms with Crippen LogP contribution in [0, 0.1) is 25.2 Å². The number of aryl methyl sites for hydroxylation is 2. The molecule has 0 fully saturated rings. The number of nitriles is 1. The summed E-state index contributed by atoms with van der Waals surface area (Å²) < 4.78 is 1.84. The number of nitrogens with zero attached hydrogens (tertiary/aromatic N) is 4. The molecule has 5 heteroatoms. The lowest BCUT2D eigenvalue weighted by Gasteiger charge is -2.13. The highest BCUT2D eigenvalue weighted by atomic mass is 16.2. The molecule has 0 bridgehead atoms. The molecular weight excluding hydrogens is 252 g/mol. The summed E-state index contributed by atoms with van der Waals surface area (Å²) in [6, 6.07) is 11.2. The smallest absolute Gasteiger partial charge is 0.254 e. The van der Waals surface area contributed by atoms with E-state index in [9.17, 15) is 4.79 Å². The molecule has 1 aromatic heterocycles. The van der Waals surface area contributed by atoms with Crippen LogP contribution < -0.4 is 0 Å². The summed E-state index contributed by atoms with van der Waals surface area (Å²) in [7, 11) is 1.61. The SMILES string of the molecule is Cc1cc(C)n(-c2ccc(C(=O)N(C)CC#N)cc2)n1. The number of hydrogen-bond acceptors (Lipinski definition) is 3. The number of carbonyl (C=O) groups is 1. The van der Waals surface area contributed by atoms with Gasteiger partial charge in [-0.15, -0.1) is 0 Å². The molecule has 5 nitrogen and oxygen atoms in total. The fourth-order valence-corrected chi connectivity index (χ4v) is 2.03. The lowest BCUT2D eigenvalue weighted by atomic mass is 10.2.